The van der Waals surface area contributed by atoms with Crippen molar-refractivity contribution < 1.29 is 99.3 Å². The van der Waals surface area contributed by atoms with E-state index in [4.69, 9.17) is 44.6 Å². The number of nitrogens with two attached hydrogens (primary N) is 2. The van der Waals surface area contributed by atoms with Crippen LogP contribution in [0.3, 0.4) is 0 Å². The van der Waals surface area contributed by atoms with Crippen LogP contribution in [0, 0.1) is 23.7 Å². The number of ether oxygens (including phenoxy) is 7. The first kappa shape index (κ1) is 72.4. The minimum atomic E-state index is -3.91. The fourth-order valence-electron chi connectivity index (χ4n) is 8.99. The van der Waals surface area contributed by atoms with Gasteiger partial charge in [0.05, 0.1) is 11.5 Å². The van der Waals surface area contributed by atoms with Crippen molar-refractivity contribution in [3.05, 3.63) is 47.4 Å². The number of hydrogen-bond acceptors (Lipinski definition) is 24. The molecule has 1 aromatic heterocycles. The van der Waals surface area contributed by atoms with Gasteiger partial charge in [-0.1, -0.05) is 60.0 Å². The quantitative estimate of drug-likeness (QED) is 0.0415. The van der Waals surface area contributed by atoms with Crippen molar-refractivity contribution >= 4 is 70.1 Å². The monoisotopic (exact) mass is 1220 g/mol. The molecule has 0 bridgehead atoms. The summed E-state index contributed by atoms with van der Waals surface area (Å²) in [5.74, 6) is -12.0. The zero-order valence-electron chi connectivity index (χ0n) is 48.2. The first-order valence-corrected chi connectivity index (χ1v) is 28.6. The van der Waals surface area contributed by atoms with Gasteiger partial charge in [0, 0.05) is 76.0 Å². The van der Waals surface area contributed by atoms with E-state index >= 15 is 0 Å². The number of nitrogens with zero attached hydrogens (tertiary/aromatic N) is 4. The number of amidine groups is 1. The number of alkyl halides is 4. The maximum atomic E-state index is 14.7. The lowest BCUT2D eigenvalue weighted by Gasteiger charge is -2.31. The van der Waals surface area contributed by atoms with Crippen LogP contribution in [0.15, 0.2) is 46.7 Å². The molecule has 4 unspecified atom stereocenters. The highest BCUT2D eigenvalue weighted by Gasteiger charge is 2.62. The topological polar surface area (TPSA) is 344 Å². The van der Waals surface area contributed by atoms with Gasteiger partial charge < -0.3 is 59.7 Å². The Bertz CT molecular complexity index is 2530. The first-order chi connectivity index (χ1) is 39.5. The van der Waals surface area contributed by atoms with Gasteiger partial charge in [0.25, 0.3) is 0 Å². The molecule has 2 saturated heterocycles. The third kappa shape index (κ3) is 23.2. The number of unbranched alkanes of at least 4 members (excludes halogenated alkanes) is 4. The Morgan fingerprint density at radius 1 is 0.702 bits per heavy atom. The zero-order valence-corrected chi connectivity index (χ0v) is 49.0. The molecule has 24 nitrogen and oxygen atoms in total. The van der Waals surface area contributed by atoms with Crippen molar-refractivity contribution in [1.82, 2.24) is 14.5 Å². The van der Waals surface area contributed by atoms with Gasteiger partial charge in [-0.2, -0.15) is 22.5 Å². The van der Waals surface area contributed by atoms with Gasteiger partial charge in [-0.15, -0.1) is 11.8 Å². The van der Waals surface area contributed by atoms with E-state index in [0.29, 0.717) is 62.4 Å². The first-order valence-electron chi connectivity index (χ1n) is 27.4. The van der Waals surface area contributed by atoms with Crippen LogP contribution in [0.1, 0.15) is 111 Å². The van der Waals surface area contributed by atoms with E-state index in [2.05, 4.69) is 16.6 Å². The minimum Gasteiger partial charge on any atom is -0.462 e. The number of halogens is 4. The Balaban J connectivity index is 0.000000440. The maximum absolute atomic E-state index is 14.7. The summed E-state index contributed by atoms with van der Waals surface area (Å²) in [6, 6.07) is 1.11. The highest BCUT2D eigenvalue weighted by atomic mass is 32.2. The molecule has 2 fully saturated rings. The molecule has 0 radical (unpaired) electrons. The van der Waals surface area contributed by atoms with E-state index < -0.39 is 110 Å². The Hall–Kier alpha value is -5.82. The second-order valence-corrected chi connectivity index (χ2v) is 22.0. The summed E-state index contributed by atoms with van der Waals surface area (Å²) in [4.78, 5) is 118. The van der Waals surface area contributed by atoms with Crippen LogP contribution in [0.25, 0.3) is 0 Å². The molecular weight excluding hydrogens is 1140 g/mol. The Morgan fingerprint density at radius 3 is 1.70 bits per heavy atom. The smallest absolute Gasteiger partial charge is 0.351 e. The summed E-state index contributed by atoms with van der Waals surface area (Å²) in [5.41, 5.74) is 9.78. The van der Waals surface area contributed by atoms with Gasteiger partial charge in [-0.25, -0.2) is 14.6 Å². The van der Waals surface area contributed by atoms with Gasteiger partial charge in [-0.3, -0.25) is 38.1 Å². The van der Waals surface area contributed by atoms with Crippen LogP contribution in [0.5, 0.6) is 0 Å². The van der Waals surface area contributed by atoms with Gasteiger partial charge in [-0.05, 0) is 37.8 Å². The molecule has 0 aromatic carbocycles. The molecule has 3 aliphatic heterocycles. The molecule has 4 rings (SSSR count). The number of aliphatic hydroxyl groups is 2. The Kier molecular flexibility index (Phi) is 30.7. The average Bonchev–Trinajstić information content (AvgIpc) is 2.20. The third-order valence-electron chi connectivity index (χ3n) is 13.4. The summed E-state index contributed by atoms with van der Waals surface area (Å²) >= 11 is 0.986. The van der Waals surface area contributed by atoms with Gasteiger partial charge in [0.1, 0.15) is 86.7 Å². The standard InChI is InChI=1S/C28H41F2N3O8S.C27H39F2N3O10/c1-17(2)25(37)19(8-6-5-7-9-20(34)13-39-4)12-21(35)15-42-16-24(36)40-14-22-26(38)28(29,30)27(41-22)33-11-10-23(31)32-18(33)3;1-16(2)23(36)17(7-5-4-6-8-18(33)12-39-3)11-19(34)13-40-15-22(35)41-14-20-24(37)27(28,29)25(42-20)32-10-9-21(30)31-26(32)38/h10-11,17,19,22,26-27,38H,3,5-9,12-16H2,1-2,4H3,(H2,31,32);9-10,16-17,20,24-25,37H,4-8,11-15H2,1-3H3,(H2,30,31,38)/t19?,22-,26?,27-;17?,20-,24?,25-/m11/s1. The molecule has 8 atom stereocenters. The molecule has 0 amide bonds. The number of hydrogen-bond donors (Lipinski definition) is 4. The van der Waals surface area contributed by atoms with E-state index in [1.807, 2.05) is 0 Å². The van der Waals surface area contributed by atoms with Crippen LogP contribution in [0.2, 0.25) is 0 Å². The lowest BCUT2D eigenvalue weighted by Crippen LogP contribution is -2.47. The van der Waals surface area contributed by atoms with E-state index in [-0.39, 0.29) is 95.8 Å². The highest BCUT2D eigenvalue weighted by Crippen LogP contribution is 2.43. The molecule has 0 spiro atoms. The maximum Gasteiger partial charge on any atom is 0.351 e. The normalized spacial score (nSPS) is 21.3. The number of carbonyl (C=O) groups is 8. The van der Waals surface area contributed by atoms with Crippen molar-refractivity contribution in [2.24, 2.45) is 34.4 Å². The predicted octanol–water partition coefficient (Wildman–Crippen LogP) is 3.85. The summed E-state index contributed by atoms with van der Waals surface area (Å²) in [6.07, 6.45) is -2.59. The van der Waals surface area contributed by atoms with Crippen molar-refractivity contribution in [1.29, 1.82) is 0 Å². The van der Waals surface area contributed by atoms with E-state index in [0.717, 1.165) is 35.3 Å². The molecule has 0 aliphatic carbocycles. The number of aliphatic imine (C=N–C) groups is 1. The van der Waals surface area contributed by atoms with Crippen molar-refractivity contribution in [2.45, 2.75) is 153 Å². The van der Waals surface area contributed by atoms with Crippen LogP contribution < -0.4 is 17.2 Å². The number of rotatable bonds is 38. The Morgan fingerprint density at radius 2 is 1.20 bits per heavy atom. The second kappa shape index (κ2) is 35.6. The zero-order chi connectivity index (χ0) is 62.9. The number of thioether (sulfide) groups is 1. The van der Waals surface area contributed by atoms with Crippen molar-refractivity contribution in [2.75, 3.05) is 71.1 Å². The van der Waals surface area contributed by atoms with Crippen LogP contribution in [-0.4, -0.2) is 185 Å². The van der Waals surface area contributed by atoms with Gasteiger partial charge in [0.15, 0.2) is 29.6 Å². The number of nitrogen functional groups attached to an aromatic ring is 1. The van der Waals surface area contributed by atoms with E-state index in [1.165, 1.54) is 26.5 Å². The molecule has 472 valence electrons. The number of Topliss-reactive ketones (excluding diaryl/α,β-unsaturated/α-hetero) is 6. The fraction of sp³-hybridized carbons (Fsp3) is 0.691. The molecule has 6 N–H and O–H groups in total. The number of anilines is 1. The molecule has 0 saturated carbocycles. The molecule has 84 heavy (non-hydrogen) atoms. The number of carbonyl (C=O) groups excluding carboxylic acids is 8. The fourth-order valence-corrected chi connectivity index (χ4v) is 9.69. The summed E-state index contributed by atoms with van der Waals surface area (Å²) in [7, 11) is 2.92. The SMILES string of the molecule is C=C1N=C(N)C=CN1[C@@H]1O[C@H](COC(=O)CSCC(=O)CC(CCCCCC(=O)COC)C(=O)C(C)C)C(O)C1(F)F.COCC(=O)CCCCCC(CC(=O)COCC(=O)OC[C@H]1O[C@@H](n2ccc(N)nc2=O)C(F)(F)C1O)C(=O)C(C)C. The average molecular weight is 1220 g/mol. The number of aliphatic hydroxyl groups excluding tert-OH is 2. The van der Waals surface area contributed by atoms with E-state index in [1.54, 1.807) is 27.7 Å². The number of ketones is 6. The lowest BCUT2D eigenvalue weighted by atomic mass is 9.86. The summed E-state index contributed by atoms with van der Waals surface area (Å²) in [6.45, 7) is 8.18. The Labute approximate surface area is 488 Å². The summed E-state index contributed by atoms with van der Waals surface area (Å²) in [5, 5.41) is 20.1. The number of methoxy groups -OCH3 is 2. The number of aromatic nitrogens is 2. The minimum absolute atomic E-state index is 0.000188. The second-order valence-electron chi connectivity index (χ2n) is 21.0. The molecule has 29 heteroatoms. The molecule has 3 aliphatic rings. The lowest BCUT2D eigenvalue weighted by molar-refractivity contribution is -0.156. The highest BCUT2D eigenvalue weighted by molar-refractivity contribution is 8.00. The van der Waals surface area contributed by atoms with Gasteiger partial charge in [0.2, 0.25) is 12.5 Å². The predicted molar refractivity (Wildman–Crippen MR) is 295 cm³/mol. The molecular formula is C55H80F4N6O18S. The van der Waals surface area contributed by atoms with Crippen molar-refractivity contribution in [3.63, 3.8) is 0 Å². The van der Waals surface area contributed by atoms with Crippen LogP contribution in [-0.2, 0) is 71.5 Å². The molecule has 1 aromatic rings. The largest absolute Gasteiger partial charge is 0.462 e. The van der Waals surface area contributed by atoms with Crippen LogP contribution >= 0.6 is 11.8 Å². The number of esters is 2. The third-order valence-corrected chi connectivity index (χ3v) is 14.3. The van der Waals surface area contributed by atoms with Gasteiger partial charge >= 0.3 is 29.5 Å². The molecule has 4 heterocycles. The summed E-state index contributed by atoms with van der Waals surface area (Å²) < 4.78 is 94.0. The van der Waals surface area contributed by atoms with Crippen molar-refractivity contribution in [3.8, 4) is 0 Å². The van der Waals surface area contributed by atoms with Crippen LogP contribution in [0.4, 0.5) is 23.4 Å². The van der Waals surface area contributed by atoms with E-state index in [9.17, 15) is 70.9 Å².